The van der Waals surface area contributed by atoms with Crippen molar-refractivity contribution in [3.05, 3.63) is 60.2 Å². The van der Waals surface area contributed by atoms with Crippen LogP contribution >= 0.6 is 0 Å². The Morgan fingerprint density at radius 3 is 2.26 bits per heavy atom. The quantitative estimate of drug-likeness (QED) is 0.566. The molecule has 0 aromatic heterocycles. The average molecular weight is 488 g/mol. The maximum atomic E-state index is 12.9. The number of amides is 2. The number of ether oxygens (including phenoxy) is 1. The first-order valence-corrected chi connectivity index (χ1v) is 12.9. The smallest absolute Gasteiger partial charge is 0.255 e. The van der Waals surface area contributed by atoms with Gasteiger partial charge < -0.3 is 15.4 Å². The lowest BCUT2D eigenvalue weighted by Crippen LogP contribution is -2.51. The summed E-state index contributed by atoms with van der Waals surface area (Å²) < 4.78 is 32.3. The van der Waals surface area contributed by atoms with Gasteiger partial charge in [-0.3, -0.25) is 9.59 Å². The molecule has 184 valence electrons. The number of nitrogens with one attached hydrogen (secondary N) is 2. The van der Waals surface area contributed by atoms with Gasteiger partial charge in [0, 0.05) is 19.6 Å². The number of sulfonamides is 1. The largest absolute Gasteiger partial charge is 0.496 e. The summed E-state index contributed by atoms with van der Waals surface area (Å²) in [5.74, 6) is -0.121. The number of hydrogen-bond acceptors (Lipinski definition) is 5. The van der Waals surface area contributed by atoms with Crippen molar-refractivity contribution in [2.24, 2.45) is 11.8 Å². The summed E-state index contributed by atoms with van der Waals surface area (Å²) in [5.41, 5.74) is 0.371. The van der Waals surface area contributed by atoms with Crippen LogP contribution in [0.5, 0.6) is 5.75 Å². The second-order valence-electron chi connectivity index (χ2n) is 8.80. The Morgan fingerprint density at radius 1 is 1.03 bits per heavy atom. The molecule has 2 N–H and O–H groups in total. The SMILES string of the molecule is COc1ccccc1C(=O)NC(C(=O)NCC1CCN(S(=O)(=O)c2ccccc2)CC1)C(C)C. The number of para-hydroxylation sites is 1. The fourth-order valence-corrected chi connectivity index (χ4v) is 5.53. The van der Waals surface area contributed by atoms with Gasteiger partial charge in [-0.1, -0.05) is 44.2 Å². The first-order chi connectivity index (χ1) is 16.2. The summed E-state index contributed by atoms with van der Waals surface area (Å²) in [6.07, 6.45) is 1.32. The molecule has 0 bridgehead atoms. The maximum absolute atomic E-state index is 12.9. The zero-order valence-corrected chi connectivity index (χ0v) is 20.7. The van der Waals surface area contributed by atoms with Crippen LogP contribution < -0.4 is 15.4 Å². The van der Waals surface area contributed by atoms with Crippen molar-refractivity contribution in [3.63, 3.8) is 0 Å². The molecule has 8 nitrogen and oxygen atoms in total. The van der Waals surface area contributed by atoms with Crippen LogP contribution in [0.25, 0.3) is 0 Å². The van der Waals surface area contributed by atoms with E-state index < -0.39 is 16.1 Å². The molecule has 1 atom stereocenters. The van der Waals surface area contributed by atoms with Gasteiger partial charge in [-0.15, -0.1) is 0 Å². The Labute approximate surface area is 201 Å². The van der Waals surface area contributed by atoms with Gasteiger partial charge in [0.2, 0.25) is 15.9 Å². The molecule has 34 heavy (non-hydrogen) atoms. The number of benzene rings is 2. The molecule has 1 aliphatic heterocycles. The standard InChI is InChI=1S/C25H33N3O5S/c1-18(2)23(27-24(29)21-11-7-8-12-22(21)33-3)25(30)26-17-19-13-15-28(16-14-19)34(31,32)20-9-5-4-6-10-20/h4-12,18-19,23H,13-17H2,1-3H3,(H,26,30)(H,27,29). The molecule has 2 aromatic carbocycles. The summed E-state index contributed by atoms with van der Waals surface area (Å²) in [6.45, 7) is 5.01. The Hall–Kier alpha value is -2.91. The third-order valence-corrected chi connectivity index (χ3v) is 8.02. The minimum atomic E-state index is -3.50. The van der Waals surface area contributed by atoms with Crippen LogP contribution in [-0.4, -0.2) is 57.3 Å². The first kappa shape index (κ1) is 25.7. The summed E-state index contributed by atoms with van der Waals surface area (Å²) in [5, 5.41) is 5.77. The van der Waals surface area contributed by atoms with Gasteiger partial charge in [0.1, 0.15) is 11.8 Å². The highest BCUT2D eigenvalue weighted by molar-refractivity contribution is 7.89. The number of carbonyl (C=O) groups excluding carboxylic acids is 2. The Bertz CT molecular complexity index is 1080. The molecule has 1 heterocycles. The van der Waals surface area contributed by atoms with E-state index in [1.54, 1.807) is 54.6 Å². The third kappa shape index (κ3) is 6.15. The van der Waals surface area contributed by atoms with Crippen molar-refractivity contribution in [2.75, 3.05) is 26.7 Å². The van der Waals surface area contributed by atoms with Crippen LogP contribution in [0.1, 0.15) is 37.0 Å². The van der Waals surface area contributed by atoms with E-state index in [1.807, 2.05) is 13.8 Å². The van der Waals surface area contributed by atoms with Gasteiger partial charge in [-0.05, 0) is 48.9 Å². The molecule has 0 aliphatic carbocycles. The van der Waals surface area contributed by atoms with Crippen LogP contribution in [0.15, 0.2) is 59.5 Å². The molecule has 1 unspecified atom stereocenters. The maximum Gasteiger partial charge on any atom is 0.255 e. The van der Waals surface area contributed by atoms with Gasteiger partial charge in [-0.25, -0.2) is 8.42 Å². The predicted octanol–water partition coefficient (Wildman–Crippen LogP) is 2.67. The molecule has 9 heteroatoms. The molecule has 0 saturated carbocycles. The minimum Gasteiger partial charge on any atom is -0.496 e. The zero-order chi connectivity index (χ0) is 24.7. The topological polar surface area (TPSA) is 105 Å². The monoisotopic (exact) mass is 487 g/mol. The summed E-state index contributed by atoms with van der Waals surface area (Å²) >= 11 is 0. The van der Waals surface area contributed by atoms with E-state index in [2.05, 4.69) is 10.6 Å². The summed E-state index contributed by atoms with van der Waals surface area (Å²) in [4.78, 5) is 26.0. The van der Waals surface area contributed by atoms with Gasteiger partial charge in [0.15, 0.2) is 0 Å². The van der Waals surface area contributed by atoms with Crippen molar-refractivity contribution < 1.29 is 22.7 Å². The van der Waals surface area contributed by atoms with Crippen molar-refractivity contribution in [1.82, 2.24) is 14.9 Å². The molecule has 1 saturated heterocycles. The lowest BCUT2D eigenvalue weighted by molar-refractivity contribution is -0.124. The van der Waals surface area contributed by atoms with E-state index in [0.29, 0.717) is 48.7 Å². The fourth-order valence-electron chi connectivity index (χ4n) is 4.04. The van der Waals surface area contributed by atoms with Crippen LogP contribution in [0.4, 0.5) is 0 Å². The minimum absolute atomic E-state index is 0.114. The zero-order valence-electron chi connectivity index (χ0n) is 19.9. The van der Waals surface area contributed by atoms with Crippen LogP contribution in [-0.2, 0) is 14.8 Å². The lowest BCUT2D eigenvalue weighted by atomic mass is 9.97. The molecule has 2 amide bonds. The van der Waals surface area contributed by atoms with E-state index >= 15 is 0 Å². The Balaban J connectivity index is 1.53. The third-order valence-electron chi connectivity index (χ3n) is 6.11. The molecule has 2 aromatic rings. The van der Waals surface area contributed by atoms with Gasteiger partial charge in [0.25, 0.3) is 5.91 Å². The molecule has 1 aliphatic rings. The van der Waals surface area contributed by atoms with Crippen molar-refractivity contribution in [1.29, 1.82) is 0 Å². The predicted molar refractivity (Wildman–Crippen MR) is 130 cm³/mol. The highest BCUT2D eigenvalue weighted by Gasteiger charge is 2.30. The Kier molecular flexibility index (Phi) is 8.68. The highest BCUT2D eigenvalue weighted by atomic mass is 32.2. The van der Waals surface area contributed by atoms with E-state index in [4.69, 9.17) is 4.74 Å². The number of carbonyl (C=O) groups is 2. The second kappa shape index (κ2) is 11.5. The van der Waals surface area contributed by atoms with Gasteiger partial charge >= 0.3 is 0 Å². The van der Waals surface area contributed by atoms with Gasteiger partial charge in [0.05, 0.1) is 17.6 Å². The number of nitrogens with zero attached hydrogens (tertiary/aromatic N) is 1. The fraction of sp³-hybridized carbons (Fsp3) is 0.440. The summed E-state index contributed by atoms with van der Waals surface area (Å²) in [6, 6.07) is 14.6. The lowest BCUT2D eigenvalue weighted by Gasteiger charge is -2.31. The van der Waals surface area contributed by atoms with E-state index in [9.17, 15) is 18.0 Å². The molecular weight excluding hydrogens is 454 g/mol. The highest BCUT2D eigenvalue weighted by Crippen LogP contribution is 2.23. The average Bonchev–Trinajstić information content (AvgIpc) is 2.86. The van der Waals surface area contributed by atoms with Crippen LogP contribution in [0, 0.1) is 11.8 Å². The van der Waals surface area contributed by atoms with Crippen molar-refractivity contribution in [3.8, 4) is 5.75 Å². The second-order valence-corrected chi connectivity index (χ2v) is 10.7. The van der Waals surface area contributed by atoms with Crippen molar-refractivity contribution in [2.45, 2.75) is 37.6 Å². The number of rotatable bonds is 9. The van der Waals surface area contributed by atoms with Crippen LogP contribution in [0.2, 0.25) is 0 Å². The first-order valence-electron chi connectivity index (χ1n) is 11.5. The van der Waals surface area contributed by atoms with Crippen LogP contribution in [0.3, 0.4) is 0 Å². The number of piperidine rings is 1. The molecule has 0 radical (unpaired) electrons. The van der Waals surface area contributed by atoms with E-state index in [0.717, 1.165) is 0 Å². The molecular formula is C25H33N3O5S. The van der Waals surface area contributed by atoms with Crippen molar-refractivity contribution >= 4 is 21.8 Å². The molecule has 0 spiro atoms. The van der Waals surface area contributed by atoms with E-state index in [1.165, 1.54) is 11.4 Å². The normalized spacial score (nSPS) is 16.1. The van der Waals surface area contributed by atoms with E-state index in [-0.39, 0.29) is 23.7 Å². The number of hydrogen-bond donors (Lipinski definition) is 2. The van der Waals surface area contributed by atoms with Gasteiger partial charge in [-0.2, -0.15) is 4.31 Å². The number of methoxy groups -OCH3 is 1. The Morgan fingerprint density at radius 2 is 1.65 bits per heavy atom. The molecule has 1 fully saturated rings. The summed E-state index contributed by atoms with van der Waals surface area (Å²) in [7, 11) is -2.00. The molecule has 3 rings (SSSR count).